The van der Waals surface area contributed by atoms with E-state index >= 15 is 0 Å². The van der Waals surface area contributed by atoms with Crippen LogP contribution in [0, 0.1) is 0 Å². The van der Waals surface area contributed by atoms with Gasteiger partial charge in [-0.3, -0.25) is 4.79 Å². The smallest absolute Gasteiger partial charge is 0.323 e. The highest BCUT2D eigenvalue weighted by Crippen LogP contribution is 2.31. The van der Waals surface area contributed by atoms with Gasteiger partial charge in [-0.1, -0.05) is 29.8 Å². The fourth-order valence-electron chi connectivity index (χ4n) is 3.39. The number of aliphatic carboxylic acids is 1. The van der Waals surface area contributed by atoms with E-state index in [4.69, 9.17) is 21.1 Å². The Balaban J connectivity index is 1.45. The summed E-state index contributed by atoms with van der Waals surface area (Å²) in [5.41, 5.74) is 1.75. The van der Waals surface area contributed by atoms with Crippen molar-refractivity contribution in [1.82, 2.24) is 4.57 Å². The standard InChI is InChI=1S/C23H20ClNO4/c24-16-6-8-17(9-7-16)28-12-3-13-29-18-10-11-20-19-4-1-2-5-21(19)25(15-23(26)27)22(20)14-18/h1-2,4-11,14H,3,12-13,15H2,(H,26,27). The van der Waals surface area contributed by atoms with Crippen LogP contribution in [0.4, 0.5) is 0 Å². The van der Waals surface area contributed by atoms with Crippen LogP contribution in [0.3, 0.4) is 0 Å². The van der Waals surface area contributed by atoms with Crippen LogP contribution in [0.15, 0.2) is 66.7 Å². The van der Waals surface area contributed by atoms with Crippen molar-refractivity contribution in [3.8, 4) is 11.5 Å². The Morgan fingerprint density at radius 2 is 1.52 bits per heavy atom. The summed E-state index contributed by atoms with van der Waals surface area (Å²) < 4.78 is 13.3. The zero-order valence-corrected chi connectivity index (χ0v) is 16.4. The number of carbonyl (C=O) groups is 1. The van der Waals surface area contributed by atoms with E-state index in [0.717, 1.165) is 34.0 Å². The molecule has 1 N–H and O–H groups in total. The first-order valence-electron chi connectivity index (χ1n) is 9.36. The lowest BCUT2D eigenvalue weighted by Crippen LogP contribution is -2.08. The minimum absolute atomic E-state index is 0.0948. The summed E-state index contributed by atoms with van der Waals surface area (Å²) in [7, 11) is 0. The average Bonchev–Trinajstić information content (AvgIpc) is 3.02. The molecule has 0 aliphatic carbocycles. The molecular weight excluding hydrogens is 390 g/mol. The Bertz CT molecular complexity index is 1150. The van der Waals surface area contributed by atoms with Gasteiger partial charge >= 0.3 is 5.97 Å². The third-order valence-electron chi connectivity index (χ3n) is 4.68. The van der Waals surface area contributed by atoms with Gasteiger partial charge in [-0.25, -0.2) is 0 Å². The molecule has 29 heavy (non-hydrogen) atoms. The highest BCUT2D eigenvalue weighted by molar-refractivity contribution is 6.30. The van der Waals surface area contributed by atoms with E-state index in [0.29, 0.717) is 24.0 Å². The van der Waals surface area contributed by atoms with Crippen molar-refractivity contribution in [2.45, 2.75) is 13.0 Å². The van der Waals surface area contributed by atoms with Gasteiger partial charge in [0.25, 0.3) is 0 Å². The highest BCUT2D eigenvalue weighted by Gasteiger charge is 2.13. The summed E-state index contributed by atoms with van der Waals surface area (Å²) in [6.07, 6.45) is 0.721. The molecule has 0 spiro atoms. The quantitative estimate of drug-likeness (QED) is 0.397. The highest BCUT2D eigenvalue weighted by atomic mass is 35.5. The molecule has 6 heteroatoms. The van der Waals surface area contributed by atoms with E-state index in [1.54, 1.807) is 12.1 Å². The number of rotatable bonds is 8. The number of carboxylic acid groups (broad SMARTS) is 1. The number of para-hydroxylation sites is 1. The summed E-state index contributed by atoms with van der Waals surface area (Å²) in [6, 6.07) is 20.9. The summed E-state index contributed by atoms with van der Waals surface area (Å²) in [6.45, 7) is 0.934. The van der Waals surface area contributed by atoms with Gasteiger partial charge in [0, 0.05) is 33.8 Å². The molecule has 5 nitrogen and oxygen atoms in total. The molecule has 0 aliphatic rings. The molecule has 1 aromatic heterocycles. The maximum atomic E-state index is 11.3. The van der Waals surface area contributed by atoms with Crippen LogP contribution in [-0.2, 0) is 11.3 Å². The Morgan fingerprint density at radius 3 is 2.28 bits per heavy atom. The molecule has 3 aromatic carbocycles. The molecule has 0 radical (unpaired) electrons. The van der Waals surface area contributed by atoms with Crippen LogP contribution in [0.1, 0.15) is 6.42 Å². The van der Waals surface area contributed by atoms with Crippen molar-refractivity contribution < 1.29 is 19.4 Å². The minimum atomic E-state index is -0.877. The Kier molecular flexibility index (Phi) is 5.58. The van der Waals surface area contributed by atoms with Crippen LogP contribution in [0.25, 0.3) is 21.8 Å². The minimum Gasteiger partial charge on any atom is -0.493 e. The zero-order chi connectivity index (χ0) is 20.2. The van der Waals surface area contributed by atoms with E-state index in [2.05, 4.69) is 0 Å². The monoisotopic (exact) mass is 409 g/mol. The molecule has 0 atom stereocenters. The fourth-order valence-corrected chi connectivity index (χ4v) is 3.52. The van der Waals surface area contributed by atoms with E-state index in [-0.39, 0.29) is 6.54 Å². The lowest BCUT2D eigenvalue weighted by Gasteiger charge is -2.09. The number of ether oxygens (including phenoxy) is 2. The van der Waals surface area contributed by atoms with Gasteiger partial charge in [-0.2, -0.15) is 0 Å². The fraction of sp³-hybridized carbons (Fsp3) is 0.174. The number of halogens is 1. The Morgan fingerprint density at radius 1 is 0.862 bits per heavy atom. The number of hydrogen-bond acceptors (Lipinski definition) is 3. The van der Waals surface area contributed by atoms with Crippen molar-refractivity contribution in [3.05, 3.63) is 71.8 Å². The molecule has 0 amide bonds. The molecule has 1 heterocycles. The maximum Gasteiger partial charge on any atom is 0.323 e. The molecule has 148 valence electrons. The topological polar surface area (TPSA) is 60.7 Å². The first-order valence-corrected chi connectivity index (χ1v) is 9.73. The normalized spacial score (nSPS) is 11.1. The van der Waals surface area contributed by atoms with Crippen molar-refractivity contribution in [2.75, 3.05) is 13.2 Å². The Hall–Kier alpha value is -3.18. The maximum absolute atomic E-state index is 11.3. The summed E-state index contributed by atoms with van der Waals surface area (Å²) in [4.78, 5) is 11.3. The van der Waals surface area contributed by atoms with Crippen molar-refractivity contribution in [3.63, 3.8) is 0 Å². The number of fused-ring (bicyclic) bond motifs is 3. The predicted octanol–water partition coefficient (Wildman–Crippen LogP) is 5.38. The van der Waals surface area contributed by atoms with Crippen LogP contribution in [0.2, 0.25) is 5.02 Å². The molecule has 0 fully saturated rings. The SMILES string of the molecule is O=C(O)Cn1c2ccccc2c2ccc(OCCCOc3ccc(Cl)cc3)cc21. The number of aromatic nitrogens is 1. The molecule has 4 aromatic rings. The second kappa shape index (κ2) is 8.45. The van der Waals surface area contributed by atoms with Gasteiger partial charge in [-0.15, -0.1) is 0 Å². The van der Waals surface area contributed by atoms with E-state index in [1.165, 1.54) is 0 Å². The van der Waals surface area contributed by atoms with Crippen molar-refractivity contribution >= 4 is 39.4 Å². The number of benzene rings is 3. The number of nitrogens with zero attached hydrogens (tertiary/aromatic N) is 1. The first kappa shape index (κ1) is 19.2. The van der Waals surface area contributed by atoms with Gasteiger partial charge in [0.15, 0.2) is 0 Å². The second-order valence-corrected chi connectivity index (χ2v) is 7.12. The predicted molar refractivity (Wildman–Crippen MR) is 114 cm³/mol. The van der Waals surface area contributed by atoms with E-state index in [1.807, 2.05) is 59.2 Å². The average molecular weight is 410 g/mol. The van der Waals surface area contributed by atoms with Crippen LogP contribution in [-0.4, -0.2) is 28.9 Å². The molecule has 0 aliphatic heterocycles. The molecule has 4 rings (SSSR count). The molecule has 0 unspecified atom stereocenters. The van der Waals surface area contributed by atoms with Gasteiger partial charge in [0.05, 0.1) is 18.7 Å². The lowest BCUT2D eigenvalue weighted by molar-refractivity contribution is -0.137. The molecule has 0 saturated carbocycles. The van der Waals surface area contributed by atoms with Gasteiger partial charge in [0.2, 0.25) is 0 Å². The number of carboxylic acids is 1. The van der Waals surface area contributed by atoms with Crippen molar-refractivity contribution in [2.24, 2.45) is 0 Å². The first-order chi connectivity index (χ1) is 14.1. The summed E-state index contributed by atoms with van der Waals surface area (Å²) in [5.74, 6) is 0.603. The largest absolute Gasteiger partial charge is 0.493 e. The second-order valence-electron chi connectivity index (χ2n) is 6.68. The number of hydrogen-bond donors (Lipinski definition) is 1. The third kappa shape index (κ3) is 4.30. The van der Waals surface area contributed by atoms with Crippen molar-refractivity contribution in [1.29, 1.82) is 0 Å². The summed E-state index contributed by atoms with van der Waals surface area (Å²) >= 11 is 5.86. The third-order valence-corrected chi connectivity index (χ3v) is 4.93. The van der Waals surface area contributed by atoms with Gasteiger partial charge in [0.1, 0.15) is 18.0 Å². The van der Waals surface area contributed by atoms with E-state index < -0.39 is 5.97 Å². The lowest BCUT2D eigenvalue weighted by atomic mass is 10.1. The molecule has 0 saturated heterocycles. The van der Waals surface area contributed by atoms with Crippen LogP contribution in [0.5, 0.6) is 11.5 Å². The molecule has 0 bridgehead atoms. The zero-order valence-electron chi connectivity index (χ0n) is 15.7. The van der Waals surface area contributed by atoms with Crippen LogP contribution >= 0.6 is 11.6 Å². The molecular formula is C23H20ClNO4. The Labute approximate surface area is 173 Å². The van der Waals surface area contributed by atoms with Crippen LogP contribution < -0.4 is 9.47 Å². The van der Waals surface area contributed by atoms with Gasteiger partial charge in [-0.05, 0) is 42.5 Å². The van der Waals surface area contributed by atoms with Gasteiger partial charge < -0.3 is 19.1 Å². The van der Waals surface area contributed by atoms with E-state index in [9.17, 15) is 9.90 Å². The summed E-state index contributed by atoms with van der Waals surface area (Å²) in [5, 5.41) is 12.0.